The van der Waals surface area contributed by atoms with Crippen LogP contribution in [0.15, 0.2) is 0 Å². The molecule has 0 aromatic carbocycles. The van der Waals surface area contributed by atoms with Crippen molar-refractivity contribution in [2.75, 3.05) is 20.1 Å². The molecule has 94 valence electrons. The second-order valence-electron chi connectivity index (χ2n) is 5.38. The predicted octanol–water partition coefficient (Wildman–Crippen LogP) is 1.84. The van der Waals surface area contributed by atoms with E-state index in [0.717, 1.165) is 32.1 Å². The lowest BCUT2D eigenvalue weighted by atomic mass is 10.0. The van der Waals surface area contributed by atoms with Gasteiger partial charge in [0.25, 0.3) is 0 Å². The third kappa shape index (κ3) is 3.87. The Morgan fingerprint density at radius 1 is 1.44 bits per heavy atom. The molecule has 1 N–H and O–H groups in total. The maximum absolute atomic E-state index is 11.7. The zero-order valence-corrected chi connectivity index (χ0v) is 10.8. The molecule has 16 heavy (non-hydrogen) atoms. The van der Waals surface area contributed by atoms with E-state index < -0.39 is 5.60 Å². The number of Topliss-reactive ketones (excluding diaryl/α,β-unsaturated/α-hetero) is 1. The number of carbonyl (C=O) groups excluding carboxylic acids is 1. The highest BCUT2D eigenvalue weighted by atomic mass is 16.3. The van der Waals surface area contributed by atoms with Gasteiger partial charge in [-0.3, -0.25) is 9.69 Å². The Hall–Kier alpha value is -0.410. The highest BCUT2D eigenvalue weighted by Crippen LogP contribution is 2.29. The normalized spacial score (nSPS) is 21.3. The Balaban J connectivity index is 2.35. The number of likely N-dealkylation sites (N-methyl/N-ethyl adjacent to an activating group) is 1. The average molecular weight is 227 g/mol. The van der Waals surface area contributed by atoms with E-state index in [1.165, 1.54) is 0 Å². The number of carbonyl (C=O) groups is 1. The molecule has 0 aliphatic heterocycles. The van der Waals surface area contributed by atoms with Crippen LogP contribution in [0.2, 0.25) is 0 Å². The molecular formula is C13H25NO2. The standard InChI is InChI=1S/C13H25NO2/c1-4-11(2)12(15)9-14(3)10-13(16)7-5-6-8-13/h11,16H,4-10H2,1-3H3. The molecule has 1 aliphatic rings. The van der Waals surface area contributed by atoms with Crippen LogP contribution in [0, 0.1) is 5.92 Å². The fraction of sp³-hybridized carbons (Fsp3) is 0.923. The molecule has 1 atom stereocenters. The third-order valence-corrected chi connectivity index (χ3v) is 3.69. The Morgan fingerprint density at radius 3 is 2.50 bits per heavy atom. The van der Waals surface area contributed by atoms with Crippen LogP contribution in [0.4, 0.5) is 0 Å². The van der Waals surface area contributed by atoms with Crippen LogP contribution in [-0.2, 0) is 4.79 Å². The second-order valence-corrected chi connectivity index (χ2v) is 5.38. The zero-order chi connectivity index (χ0) is 12.2. The van der Waals surface area contributed by atoms with Crippen LogP contribution in [-0.4, -0.2) is 41.5 Å². The van der Waals surface area contributed by atoms with Gasteiger partial charge < -0.3 is 5.11 Å². The van der Waals surface area contributed by atoms with Crippen molar-refractivity contribution in [2.45, 2.75) is 51.6 Å². The molecule has 1 aliphatic carbocycles. The van der Waals surface area contributed by atoms with Gasteiger partial charge in [0, 0.05) is 12.5 Å². The van der Waals surface area contributed by atoms with Crippen molar-refractivity contribution in [3.63, 3.8) is 0 Å². The minimum Gasteiger partial charge on any atom is -0.389 e. The number of rotatable bonds is 6. The monoisotopic (exact) mass is 227 g/mol. The molecule has 0 aromatic heterocycles. The highest BCUT2D eigenvalue weighted by Gasteiger charge is 2.32. The fourth-order valence-corrected chi connectivity index (χ4v) is 2.40. The highest BCUT2D eigenvalue weighted by molar-refractivity contribution is 5.82. The third-order valence-electron chi connectivity index (χ3n) is 3.69. The minimum absolute atomic E-state index is 0.140. The van der Waals surface area contributed by atoms with Gasteiger partial charge in [-0.05, 0) is 26.3 Å². The van der Waals surface area contributed by atoms with Crippen molar-refractivity contribution < 1.29 is 9.90 Å². The number of hydrogen-bond donors (Lipinski definition) is 1. The van der Waals surface area contributed by atoms with Crippen LogP contribution in [0.25, 0.3) is 0 Å². The van der Waals surface area contributed by atoms with Gasteiger partial charge in [-0.2, -0.15) is 0 Å². The molecular weight excluding hydrogens is 202 g/mol. The Labute approximate surface area is 98.8 Å². The van der Waals surface area contributed by atoms with Gasteiger partial charge in [0.15, 0.2) is 0 Å². The molecule has 0 radical (unpaired) electrons. The first-order chi connectivity index (χ1) is 7.47. The van der Waals surface area contributed by atoms with Crippen LogP contribution in [0.3, 0.4) is 0 Å². The molecule has 1 unspecified atom stereocenters. The Kier molecular flexibility index (Phi) is 4.93. The van der Waals surface area contributed by atoms with Gasteiger partial charge in [0.1, 0.15) is 5.78 Å². The summed E-state index contributed by atoms with van der Waals surface area (Å²) in [6.45, 7) is 5.11. The van der Waals surface area contributed by atoms with E-state index >= 15 is 0 Å². The van der Waals surface area contributed by atoms with Crippen molar-refractivity contribution in [2.24, 2.45) is 5.92 Å². The summed E-state index contributed by atoms with van der Waals surface area (Å²) in [4.78, 5) is 13.7. The van der Waals surface area contributed by atoms with E-state index in [4.69, 9.17) is 0 Å². The molecule has 3 nitrogen and oxygen atoms in total. The van der Waals surface area contributed by atoms with E-state index in [9.17, 15) is 9.90 Å². The quantitative estimate of drug-likeness (QED) is 0.752. The number of hydrogen-bond acceptors (Lipinski definition) is 3. The molecule has 0 spiro atoms. The summed E-state index contributed by atoms with van der Waals surface area (Å²) < 4.78 is 0. The lowest BCUT2D eigenvalue weighted by Gasteiger charge is -2.28. The first kappa shape index (κ1) is 13.7. The SMILES string of the molecule is CCC(C)C(=O)CN(C)CC1(O)CCCC1. The van der Waals surface area contributed by atoms with Gasteiger partial charge in [-0.25, -0.2) is 0 Å². The summed E-state index contributed by atoms with van der Waals surface area (Å²) >= 11 is 0. The smallest absolute Gasteiger partial charge is 0.149 e. The van der Waals surface area contributed by atoms with E-state index in [1.807, 2.05) is 25.8 Å². The van der Waals surface area contributed by atoms with Crippen molar-refractivity contribution in [1.82, 2.24) is 4.90 Å². The summed E-state index contributed by atoms with van der Waals surface area (Å²) in [6.07, 6.45) is 4.90. The zero-order valence-electron chi connectivity index (χ0n) is 10.8. The van der Waals surface area contributed by atoms with E-state index in [0.29, 0.717) is 13.1 Å². The van der Waals surface area contributed by atoms with Gasteiger partial charge in [0.05, 0.1) is 12.1 Å². The number of ketones is 1. The molecule has 0 saturated heterocycles. The minimum atomic E-state index is -0.537. The molecule has 3 heteroatoms. The first-order valence-electron chi connectivity index (χ1n) is 6.40. The summed E-state index contributed by atoms with van der Waals surface area (Å²) in [5.74, 6) is 0.423. The predicted molar refractivity (Wildman–Crippen MR) is 65.4 cm³/mol. The fourth-order valence-electron chi connectivity index (χ4n) is 2.40. The van der Waals surface area contributed by atoms with Crippen molar-refractivity contribution in [1.29, 1.82) is 0 Å². The molecule has 0 aromatic rings. The van der Waals surface area contributed by atoms with Crippen LogP contribution in [0.5, 0.6) is 0 Å². The Bertz CT molecular complexity index is 234. The van der Waals surface area contributed by atoms with Gasteiger partial charge in [0.2, 0.25) is 0 Å². The maximum atomic E-state index is 11.7. The summed E-state index contributed by atoms with van der Waals surface area (Å²) in [5, 5.41) is 10.2. The lowest BCUT2D eigenvalue weighted by molar-refractivity contribution is -0.124. The molecule has 0 heterocycles. The maximum Gasteiger partial charge on any atom is 0.149 e. The molecule has 1 saturated carbocycles. The molecule has 0 bridgehead atoms. The lowest BCUT2D eigenvalue weighted by Crippen LogP contribution is -2.42. The van der Waals surface area contributed by atoms with Crippen LogP contribution >= 0.6 is 0 Å². The topological polar surface area (TPSA) is 40.5 Å². The Morgan fingerprint density at radius 2 is 2.00 bits per heavy atom. The van der Waals surface area contributed by atoms with Crippen molar-refractivity contribution in [3.8, 4) is 0 Å². The summed E-state index contributed by atoms with van der Waals surface area (Å²) in [5.41, 5.74) is -0.537. The average Bonchev–Trinajstić information content (AvgIpc) is 2.62. The summed E-state index contributed by atoms with van der Waals surface area (Å²) in [7, 11) is 1.93. The number of aliphatic hydroxyl groups is 1. The van der Waals surface area contributed by atoms with Crippen molar-refractivity contribution in [3.05, 3.63) is 0 Å². The van der Waals surface area contributed by atoms with Crippen molar-refractivity contribution >= 4 is 5.78 Å². The van der Waals surface area contributed by atoms with E-state index in [2.05, 4.69) is 0 Å². The van der Waals surface area contributed by atoms with Gasteiger partial charge in [-0.1, -0.05) is 26.7 Å². The molecule has 0 amide bonds. The second kappa shape index (κ2) is 5.78. The van der Waals surface area contributed by atoms with Gasteiger partial charge in [-0.15, -0.1) is 0 Å². The van der Waals surface area contributed by atoms with E-state index in [-0.39, 0.29) is 11.7 Å². The largest absolute Gasteiger partial charge is 0.389 e. The van der Waals surface area contributed by atoms with Crippen LogP contribution in [0.1, 0.15) is 46.0 Å². The van der Waals surface area contributed by atoms with Gasteiger partial charge >= 0.3 is 0 Å². The van der Waals surface area contributed by atoms with E-state index in [1.54, 1.807) is 0 Å². The number of nitrogens with zero attached hydrogens (tertiary/aromatic N) is 1. The first-order valence-corrected chi connectivity index (χ1v) is 6.40. The molecule has 1 rings (SSSR count). The summed E-state index contributed by atoms with van der Waals surface area (Å²) in [6, 6.07) is 0. The van der Waals surface area contributed by atoms with Crippen LogP contribution < -0.4 is 0 Å². The molecule has 1 fully saturated rings.